The van der Waals surface area contributed by atoms with E-state index in [4.69, 9.17) is 4.74 Å². The van der Waals surface area contributed by atoms with Crippen LogP contribution in [0.5, 0.6) is 0 Å². The standard InChI is InChI=1S/C9H14N2O2/c1-3-13-8(12)7-6(2)9(4-5-9)11-10-7/h6,11H,3-5H2,1-2H3. The monoisotopic (exact) mass is 182 g/mol. The molecule has 0 radical (unpaired) electrons. The number of carbonyl (C=O) groups is 1. The van der Waals surface area contributed by atoms with E-state index in [1.807, 2.05) is 6.92 Å². The summed E-state index contributed by atoms with van der Waals surface area (Å²) in [7, 11) is 0. The summed E-state index contributed by atoms with van der Waals surface area (Å²) >= 11 is 0. The van der Waals surface area contributed by atoms with Gasteiger partial charge >= 0.3 is 5.97 Å². The maximum absolute atomic E-state index is 11.4. The number of ether oxygens (including phenoxy) is 1. The smallest absolute Gasteiger partial charge is 0.354 e. The van der Waals surface area contributed by atoms with Crippen molar-refractivity contribution in [3.05, 3.63) is 0 Å². The minimum atomic E-state index is -0.272. The topological polar surface area (TPSA) is 50.7 Å². The zero-order valence-electron chi connectivity index (χ0n) is 7.96. The van der Waals surface area contributed by atoms with E-state index in [0.29, 0.717) is 12.3 Å². The molecule has 0 aromatic heterocycles. The van der Waals surface area contributed by atoms with Gasteiger partial charge in [-0.25, -0.2) is 4.79 Å². The normalized spacial score (nSPS) is 28.2. The van der Waals surface area contributed by atoms with E-state index in [1.165, 1.54) is 0 Å². The van der Waals surface area contributed by atoms with Crippen LogP contribution in [0.15, 0.2) is 5.10 Å². The predicted molar refractivity (Wildman–Crippen MR) is 48.3 cm³/mol. The van der Waals surface area contributed by atoms with Crippen molar-refractivity contribution < 1.29 is 9.53 Å². The van der Waals surface area contributed by atoms with Gasteiger partial charge in [0.15, 0.2) is 5.71 Å². The summed E-state index contributed by atoms with van der Waals surface area (Å²) in [5, 5.41) is 4.04. The lowest BCUT2D eigenvalue weighted by Gasteiger charge is -2.13. The molecular formula is C9H14N2O2. The Morgan fingerprint density at radius 3 is 2.92 bits per heavy atom. The van der Waals surface area contributed by atoms with Gasteiger partial charge in [0.1, 0.15) is 0 Å². The predicted octanol–water partition coefficient (Wildman–Crippen LogP) is 0.677. The van der Waals surface area contributed by atoms with E-state index in [2.05, 4.69) is 10.5 Å². The Bertz CT molecular complexity index is 269. The van der Waals surface area contributed by atoms with Crippen molar-refractivity contribution in [2.45, 2.75) is 32.2 Å². The number of rotatable bonds is 2. The fourth-order valence-corrected chi connectivity index (χ4v) is 1.73. The van der Waals surface area contributed by atoms with Crippen LogP contribution in [0.1, 0.15) is 26.7 Å². The lowest BCUT2D eigenvalue weighted by molar-refractivity contribution is -0.135. The molecule has 4 nitrogen and oxygen atoms in total. The van der Waals surface area contributed by atoms with Gasteiger partial charge in [-0.2, -0.15) is 5.10 Å². The van der Waals surface area contributed by atoms with E-state index in [1.54, 1.807) is 6.92 Å². The summed E-state index contributed by atoms with van der Waals surface area (Å²) in [5.74, 6) is -0.0715. The zero-order valence-corrected chi connectivity index (χ0v) is 7.96. The molecule has 0 bridgehead atoms. The number of hydrogen-bond acceptors (Lipinski definition) is 4. The third-order valence-electron chi connectivity index (χ3n) is 2.91. The summed E-state index contributed by atoms with van der Waals surface area (Å²) < 4.78 is 4.91. The molecule has 0 amide bonds. The molecule has 1 saturated carbocycles. The molecule has 72 valence electrons. The first kappa shape index (κ1) is 8.53. The number of nitrogens with zero attached hydrogens (tertiary/aromatic N) is 1. The fourth-order valence-electron chi connectivity index (χ4n) is 1.73. The minimum absolute atomic E-state index is 0.0993. The lowest BCUT2D eigenvalue weighted by atomic mass is 9.96. The molecule has 2 aliphatic rings. The highest BCUT2D eigenvalue weighted by atomic mass is 16.5. The van der Waals surface area contributed by atoms with Crippen molar-refractivity contribution in [2.24, 2.45) is 11.0 Å². The highest BCUT2D eigenvalue weighted by molar-refractivity contribution is 6.38. The van der Waals surface area contributed by atoms with Gasteiger partial charge in [0.25, 0.3) is 0 Å². The Morgan fingerprint density at radius 1 is 1.77 bits per heavy atom. The molecule has 13 heavy (non-hydrogen) atoms. The molecule has 2 rings (SSSR count). The van der Waals surface area contributed by atoms with Crippen LogP contribution >= 0.6 is 0 Å². The Morgan fingerprint density at radius 2 is 2.46 bits per heavy atom. The van der Waals surface area contributed by atoms with Crippen LogP contribution in [0.3, 0.4) is 0 Å². The summed E-state index contributed by atoms with van der Waals surface area (Å²) in [6.45, 7) is 4.25. The third-order valence-corrected chi connectivity index (χ3v) is 2.91. The maximum atomic E-state index is 11.4. The Hall–Kier alpha value is -1.06. The van der Waals surface area contributed by atoms with Crippen molar-refractivity contribution in [3.63, 3.8) is 0 Å². The number of esters is 1. The number of carbonyl (C=O) groups excluding carboxylic acids is 1. The van der Waals surface area contributed by atoms with Gasteiger partial charge in [-0.05, 0) is 19.8 Å². The molecule has 1 heterocycles. The Kier molecular flexibility index (Phi) is 1.78. The van der Waals surface area contributed by atoms with Crippen molar-refractivity contribution in [1.82, 2.24) is 5.43 Å². The summed E-state index contributed by atoms with van der Waals surface area (Å²) in [4.78, 5) is 11.4. The van der Waals surface area contributed by atoms with Crippen LogP contribution in [-0.4, -0.2) is 23.8 Å². The first-order valence-corrected chi connectivity index (χ1v) is 4.71. The quantitative estimate of drug-likeness (QED) is 0.639. The molecule has 1 aliphatic carbocycles. The molecule has 1 fully saturated rings. The highest BCUT2D eigenvalue weighted by Crippen LogP contribution is 2.45. The molecule has 1 aliphatic heterocycles. The average Bonchev–Trinajstić information content (AvgIpc) is 2.78. The van der Waals surface area contributed by atoms with Crippen molar-refractivity contribution in [3.8, 4) is 0 Å². The van der Waals surface area contributed by atoms with E-state index in [-0.39, 0.29) is 17.4 Å². The van der Waals surface area contributed by atoms with Gasteiger partial charge in [-0.3, -0.25) is 0 Å². The van der Waals surface area contributed by atoms with E-state index in [0.717, 1.165) is 12.8 Å². The van der Waals surface area contributed by atoms with E-state index in [9.17, 15) is 4.79 Å². The minimum Gasteiger partial charge on any atom is -0.461 e. The Balaban J connectivity index is 2.05. The second-order valence-corrected chi connectivity index (χ2v) is 3.71. The van der Waals surface area contributed by atoms with Crippen LogP contribution in [0, 0.1) is 5.92 Å². The highest BCUT2D eigenvalue weighted by Gasteiger charge is 2.54. The van der Waals surface area contributed by atoms with Gasteiger partial charge in [0.05, 0.1) is 12.1 Å². The second kappa shape index (κ2) is 2.72. The largest absolute Gasteiger partial charge is 0.461 e. The van der Waals surface area contributed by atoms with Gasteiger partial charge in [-0.1, -0.05) is 6.92 Å². The third kappa shape index (κ3) is 1.20. The lowest BCUT2D eigenvalue weighted by Crippen LogP contribution is -2.32. The second-order valence-electron chi connectivity index (χ2n) is 3.71. The van der Waals surface area contributed by atoms with E-state index < -0.39 is 0 Å². The molecule has 0 saturated heterocycles. The van der Waals surface area contributed by atoms with Crippen LogP contribution in [0.2, 0.25) is 0 Å². The van der Waals surface area contributed by atoms with Crippen LogP contribution in [-0.2, 0) is 9.53 Å². The van der Waals surface area contributed by atoms with Crippen LogP contribution in [0.4, 0.5) is 0 Å². The van der Waals surface area contributed by atoms with Crippen LogP contribution in [0.25, 0.3) is 0 Å². The molecule has 0 aromatic carbocycles. The van der Waals surface area contributed by atoms with Gasteiger partial charge in [-0.15, -0.1) is 0 Å². The summed E-state index contributed by atoms with van der Waals surface area (Å²) in [5.41, 5.74) is 3.69. The first-order chi connectivity index (χ1) is 6.19. The molecule has 4 heteroatoms. The van der Waals surface area contributed by atoms with Crippen molar-refractivity contribution in [1.29, 1.82) is 0 Å². The average molecular weight is 182 g/mol. The first-order valence-electron chi connectivity index (χ1n) is 4.71. The van der Waals surface area contributed by atoms with Crippen molar-refractivity contribution >= 4 is 11.7 Å². The maximum Gasteiger partial charge on any atom is 0.354 e. The van der Waals surface area contributed by atoms with Gasteiger partial charge in [0, 0.05) is 5.92 Å². The Labute approximate surface area is 77.3 Å². The molecule has 1 N–H and O–H groups in total. The van der Waals surface area contributed by atoms with Gasteiger partial charge < -0.3 is 10.2 Å². The number of nitrogens with one attached hydrogen (secondary N) is 1. The molecular weight excluding hydrogens is 168 g/mol. The molecule has 1 unspecified atom stereocenters. The van der Waals surface area contributed by atoms with Crippen molar-refractivity contribution in [2.75, 3.05) is 6.61 Å². The molecule has 1 spiro atoms. The number of hydrogen-bond donors (Lipinski definition) is 1. The molecule has 0 aromatic rings. The van der Waals surface area contributed by atoms with Crippen LogP contribution < -0.4 is 5.43 Å². The SMILES string of the molecule is CCOC(=O)C1=NNC2(CC2)C1C. The van der Waals surface area contributed by atoms with Gasteiger partial charge in [0.2, 0.25) is 0 Å². The summed E-state index contributed by atoms with van der Waals surface area (Å²) in [6.07, 6.45) is 2.22. The van der Waals surface area contributed by atoms with E-state index >= 15 is 0 Å². The molecule has 1 atom stereocenters. The number of hydrazone groups is 1. The fraction of sp³-hybridized carbons (Fsp3) is 0.778. The summed E-state index contributed by atoms with van der Waals surface area (Å²) in [6, 6.07) is 0. The zero-order chi connectivity index (χ0) is 9.47.